The molecule has 0 aromatic rings. The van der Waals surface area contributed by atoms with Crippen molar-refractivity contribution < 1.29 is 9.90 Å². The maximum Gasteiger partial charge on any atom is 0.227 e. The molecule has 1 aliphatic rings. The highest BCUT2D eigenvalue weighted by Gasteiger charge is 2.48. The highest BCUT2D eigenvalue weighted by molar-refractivity contribution is 5.85. The standard InChI is InChI=1S/C9H18N2O2/c10-7-9(3-4-9)8(13)11-5-1-2-6-12/h12H,1-7,10H2,(H,11,13). The molecule has 76 valence electrons. The van der Waals surface area contributed by atoms with Gasteiger partial charge in [0.15, 0.2) is 0 Å². The van der Waals surface area contributed by atoms with Crippen molar-refractivity contribution in [2.45, 2.75) is 25.7 Å². The molecule has 4 heteroatoms. The van der Waals surface area contributed by atoms with E-state index in [1.54, 1.807) is 0 Å². The Morgan fingerprint density at radius 3 is 2.62 bits per heavy atom. The molecule has 1 fully saturated rings. The summed E-state index contributed by atoms with van der Waals surface area (Å²) in [5.41, 5.74) is 5.26. The van der Waals surface area contributed by atoms with E-state index in [1.165, 1.54) is 0 Å². The van der Waals surface area contributed by atoms with Gasteiger partial charge in [-0.1, -0.05) is 0 Å². The molecule has 4 nitrogen and oxygen atoms in total. The average molecular weight is 186 g/mol. The van der Waals surface area contributed by atoms with E-state index in [0.717, 1.165) is 25.7 Å². The molecule has 0 aliphatic heterocycles. The van der Waals surface area contributed by atoms with Crippen molar-refractivity contribution in [3.05, 3.63) is 0 Å². The van der Waals surface area contributed by atoms with E-state index in [-0.39, 0.29) is 17.9 Å². The van der Waals surface area contributed by atoms with Crippen LogP contribution in [0.15, 0.2) is 0 Å². The zero-order chi connectivity index (χ0) is 9.73. The number of carbonyl (C=O) groups is 1. The number of carbonyl (C=O) groups excluding carboxylic acids is 1. The monoisotopic (exact) mass is 186 g/mol. The lowest BCUT2D eigenvalue weighted by Gasteiger charge is -2.12. The van der Waals surface area contributed by atoms with Gasteiger partial charge in [-0.15, -0.1) is 0 Å². The molecule has 1 amide bonds. The molecule has 0 bridgehead atoms. The quantitative estimate of drug-likeness (QED) is 0.495. The number of aliphatic hydroxyl groups is 1. The van der Waals surface area contributed by atoms with Crippen LogP contribution in [0.25, 0.3) is 0 Å². The van der Waals surface area contributed by atoms with Gasteiger partial charge >= 0.3 is 0 Å². The Labute approximate surface area is 78.5 Å². The predicted molar refractivity (Wildman–Crippen MR) is 50.1 cm³/mol. The second-order valence-corrected chi connectivity index (χ2v) is 3.67. The van der Waals surface area contributed by atoms with Gasteiger partial charge in [0.25, 0.3) is 0 Å². The van der Waals surface area contributed by atoms with Gasteiger partial charge in [-0.3, -0.25) is 4.79 Å². The van der Waals surface area contributed by atoms with Crippen molar-refractivity contribution in [2.24, 2.45) is 11.1 Å². The molecule has 0 spiro atoms. The minimum absolute atomic E-state index is 0.0907. The predicted octanol–water partition coefficient (Wildman–Crippen LogP) is -0.386. The Hall–Kier alpha value is -0.610. The first-order valence-electron chi connectivity index (χ1n) is 4.84. The molecule has 0 unspecified atom stereocenters. The maximum absolute atomic E-state index is 11.5. The average Bonchev–Trinajstić information content (AvgIpc) is 2.93. The van der Waals surface area contributed by atoms with Crippen LogP contribution < -0.4 is 11.1 Å². The van der Waals surface area contributed by atoms with Gasteiger partial charge in [0.1, 0.15) is 0 Å². The van der Waals surface area contributed by atoms with Gasteiger partial charge < -0.3 is 16.2 Å². The lowest BCUT2D eigenvalue weighted by molar-refractivity contribution is -0.125. The molecule has 0 saturated heterocycles. The van der Waals surface area contributed by atoms with Gasteiger partial charge in [0, 0.05) is 19.7 Å². The van der Waals surface area contributed by atoms with Gasteiger partial charge in [0.2, 0.25) is 5.91 Å². The number of amides is 1. The Kier molecular flexibility index (Phi) is 3.69. The van der Waals surface area contributed by atoms with Crippen LogP contribution in [0.5, 0.6) is 0 Å². The highest BCUT2D eigenvalue weighted by atomic mass is 16.2. The van der Waals surface area contributed by atoms with Crippen LogP contribution in [0.2, 0.25) is 0 Å². The topological polar surface area (TPSA) is 75.4 Å². The van der Waals surface area contributed by atoms with Crippen LogP contribution in [0.4, 0.5) is 0 Å². The van der Waals surface area contributed by atoms with Crippen LogP contribution in [0.3, 0.4) is 0 Å². The lowest BCUT2D eigenvalue weighted by atomic mass is 10.1. The number of nitrogens with two attached hydrogens (primary N) is 1. The summed E-state index contributed by atoms with van der Waals surface area (Å²) >= 11 is 0. The molecular weight excluding hydrogens is 168 g/mol. The third-order valence-electron chi connectivity index (χ3n) is 2.60. The molecule has 1 aliphatic carbocycles. The molecule has 1 saturated carbocycles. The van der Waals surface area contributed by atoms with Gasteiger partial charge in [-0.25, -0.2) is 0 Å². The molecule has 0 atom stereocenters. The first-order chi connectivity index (χ1) is 6.25. The summed E-state index contributed by atoms with van der Waals surface area (Å²) < 4.78 is 0. The number of hydrogen-bond donors (Lipinski definition) is 3. The number of unbranched alkanes of at least 4 members (excludes halogenated alkanes) is 1. The van der Waals surface area contributed by atoms with Crippen LogP contribution in [0.1, 0.15) is 25.7 Å². The smallest absolute Gasteiger partial charge is 0.227 e. The Bertz CT molecular complexity index is 178. The summed E-state index contributed by atoms with van der Waals surface area (Å²) in [5.74, 6) is 0.0907. The Morgan fingerprint density at radius 2 is 2.15 bits per heavy atom. The van der Waals surface area contributed by atoms with E-state index in [2.05, 4.69) is 5.32 Å². The van der Waals surface area contributed by atoms with Crippen molar-refractivity contribution >= 4 is 5.91 Å². The fraction of sp³-hybridized carbons (Fsp3) is 0.889. The molecule has 0 aromatic carbocycles. The summed E-state index contributed by atoms with van der Waals surface area (Å²) in [5, 5.41) is 11.4. The summed E-state index contributed by atoms with van der Waals surface area (Å²) in [6, 6.07) is 0. The van der Waals surface area contributed by atoms with Crippen molar-refractivity contribution in [1.29, 1.82) is 0 Å². The molecule has 0 radical (unpaired) electrons. The lowest BCUT2D eigenvalue weighted by Crippen LogP contribution is -2.37. The summed E-state index contributed by atoms with van der Waals surface area (Å²) in [6.45, 7) is 1.30. The zero-order valence-electron chi connectivity index (χ0n) is 7.88. The van der Waals surface area contributed by atoms with E-state index in [4.69, 9.17) is 10.8 Å². The van der Waals surface area contributed by atoms with Crippen molar-refractivity contribution in [3.8, 4) is 0 Å². The second-order valence-electron chi connectivity index (χ2n) is 3.67. The largest absolute Gasteiger partial charge is 0.396 e. The first-order valence-corrected chi connectivity index (χ1v) is 4.84. The minimum Gasteiger partial charge on any atom is -0.396 e. The zero-order valence-corrected chi connectivity index (χ0v) is 7.88. The number of rotatable bonds is 6. The van der Waals surface area contributed by atoms with Gasteiger partial charge in [0.05, 0.1) is 5.41 Å². The molecule has 13 heavy (non-hydrogen) atoms. The first kappa shape index (κ1) is 10.5. The van der Waals surface area contributed by atoms with E-state index in [0.29, 0.717) is 13.1 Å². The fourth-order valence-electron chi connectivity index (χ4n) is 1.30. The van der Waals surface area contributed by atoms with E-state index in [1.807, 2.05) is 0 Å². The van der Waals surface area contributed by atoms with Crippen LogP contribution in [-0.2, 0) is 4.79 Å². The van der Waals surface area contributed by atoms with Crippen molar-refractivity contribution in [1.82, 2.24) is 5.32 Å². The maximum atomic E-state index is 11.5. The normalized spacial score (nSPS) is 18.3. The van der Waals surface area contributed by atoms with Crippen molar-refractivity contribution in [2.75, 3.05) is 19.7 Å². The number of hydrogen-bond acceptors (Lipinski definition) is 3. The third-order valence-corrected chi connectivity index (χ3v) is 2.60. The van der Waals surface area contributed by atoms with Crippen LogP contribution >= 0.6 is 0 Å². The summed E-state index contributed by atoms with van der Waals surface area (Å²) in [7, 11) is 0. The minimum atomic E-state index is -0.237. The van der Waals surface area contributed by atoms with Gasteiger partial charge in [-0.05, 0) is 25.7 Å². The molecule has 0 heterocycles. The summed E-state index contributed by atoms with van der Waals surface area (Å²) in [4.78, 5) is 11.5. The van der Waals surface area contributed by atoms with E-state index < -0.39 is 0 Å². The van der Waals surface area contributed by atoms with Crippen LogP contribution in [0, 0.1) is 5.41 Å². The molecular formula is C9H18N2O2. The summed E-state index contributed by atoms with van der Waals surface area (Å²) in [6.07, 6.45) is 3.43. The van der Waals surface area contributed by atoms with E-state index in [9.17, 15) is 4.79 Å². The van der Waals surface area contributed by atoms with Gasteiger partial charge in [-0.2, -0.15) is 0 Å². The third kappa shape index (κ3) is 2.67. The fourth-order valence-corrected chi connectivity index (χ4v) is 1.30. The molecule has 0 aromatic heterocycles. The van der Waals surface area contributed by atoms with Crippen LogP contribution in [-0.4, -0.2) is 30.7 Å². The van der Waals surface area contributed by atoms with E-state index >= 15 is 0 Å². The molecule has 1 rings (SSSR count). The SMILES string of the molecule is NCC1(C(=O)NCCCCO)CC1. The molecule has 4 N–H and O–H groups in total. The van der Waals surface area contributed by atoms with Crippen molar-refractivity contribution in [3.63, 3.8) is 0 Å². The Balaban J connectivity index is 2.11. The number of aliphatic hydroxyl groups excluding tert-OH is 1. The highest BCUT2D eigenvalue weighted by Crippen LogP contribution is 2.44. The second kappa shape index (κ2) is 4.58. The number of nitrogens with one attached hydrogen (secondary N) is 1. The Morgan fingerprint density at radius 1 is 1.46 bits per heavy atom.